The highest BCUT2D eigenvalue weighted by molar-refractivity contribution is 8.00. The van der Waals surface area contributed by atoms with E-state index in [2.05, 4.69) is 16.9 Å². The molecule has 1 atom stereocenters. The minimum atomic E-state index is 0.448. The molecule has 1 aliphatic rings. The first kappa shape index (κ1) is 10.0. The van der Waals surface area contributed by atoms with E-state index < -0.39 is 0 Å². The normalized spacial score (nSPS) is 21.5. The summed E-state index contributed by atoms with van der Waals surface area (Å²) in [4.78, 5) is 4.24. The lowest BCUT2D eigenvalue weighted by molar-refractivity contribution is 0.866. The highest BCUT2D eigenvalue weighted by Crippen LogP contribution is 2.28. The highest BCUT2D eigenvalue weighted by atomic mass is 35.5. The van der Waals surface area contributed by atoms with Gasteiger partial charge in [-0.1, -0.05) is 29.9 Å². The minimum Gasteiger partial charge on any atom is -0.312 e. The maximum absolute atomic E-state index is 5.76. The number of rotatable bonds is 2. The Labute approximate surface area is 92.8 Å². The third-order valence-corrected chi connectivity index (χ3v) is 3.59. The fourth-order valence-corrected chi connectivity index (χ4v) is 2.44. The topological polar surface area (TPSA) is 24.9 Å². The molecule has 0 unspecified atom stereocenters. The molecular formula is C10H11ClN2S. The zero-order valence-electron chi connectivity index (χ0n) is 7.66. The third kappa shape index (κ3) is 2.29. The van der Waals surface area contributed by atoms with Crippen molar-refractivity contribution in [1.29, 1.82) is 0 Å². The van der Waals surface area contributed by atoms with Gasteiger partial charge in [-0.25, -0.2) is 4.98 Å². The number of hydrogen-bond donors (Lipinski definition) is 1. The Hall–Kier alpha value is -0.510. The molecule has 1 aromatic heterocycles. The van der Waals surface area contributed by atoms with Crippen LogP contribution in [0.2, 0.25) is 5.02 Å². The zero-order valence-corrected chi connectivity index (χ0v) is 9.24. The van der Waals surface area contributed by atoms with Crippen LogP contribution in [0.5, 0.6) is 0 Å². The average molecular weight is 227 g/mol. The van der Waals surface area contributed by atoms with E-state index in [1.165, 1.54) is 5.57 Å². The highest BCUT2D eigenvalue weighted by Gasteiger charge is 2.19. The zero-order chi connectivity index (χ0) is 9.97. The molecule has 1 aliphatic heterocycles. The second-order valence-corrected chi connectivity index (χ2v) is 4.87. The molecule has 0 saturated carbocycles. The second kappa shape index (κ2) is 4.34. The van der Waals surface area contributed by atoms with E-state index in [1.807, 2.05) is 12.1 Å². The quantitative estimate of drug-likeness (QED) is 0.784. The van der Waals surface area contributed by atoms with Crippen molar-refractivity contribution in [2.45, 2.75) is 10.3 Å². The maximum Gasteiger partial charge on any atom is 0.0967 e. The van der Waals surface area contributed by atoms with Crippen LogP contribution < -0.4 is 5.32 Å². The van der Waals surface area contributed by atoms with Crippen LogP contribution in [-0.4, -0.2) is 23.3 Å². The Kier molecular flexibility index (Phi) is 3.11. The molecule has 2 rings (SSSR count). The molecule has 14 heavy (non-hydrogen) atoms. The second-order valence-electron chi connectivity index (χ2n) is 3.21. The maximum atomic E-state index is 5.76. The van der Waals surface area contributed by atoms with E-state index in [0.717, 1.165) is 18.1 Å². The van der Waals surface area contributed by atoms with Gasteiger partial charge in [0.1, 0.15) is 0 Å². The van der Waals surface area contributed by atoms with Crippen molar-refractivity contribution in [3.05, 3.63) is 35.5 Å². The third-order valence-electron chi connectivity index (χ3n) is 2.10. The van der Waals surface area contributed by atoms with Gasteiger partial charge in [-0.2, -0.15) is 0 Å². The monoisotopic (exact) mass is 226 g/mol. The number of thioether (sulfide) groups is 1. The summed E-state index contributed by atoms with van der Waals surface area (Å²) in [7, 11) is 0. The molecule has 2 nitrogen and oxygen atoms in total. The van der Waals surface area contributed by atoms with Crippen LogP contribution in [0.1, 0.15) is 0 Å². The largest absolute Gasteiger partial charge is 0.312 e. The van der Waals surface area contributed by atoms with Gasteiger partial charge in [0.2, 0.25) is 0 Å². The summed E-state index contributed by atoms with van der Waals surface area (Å²) >= 11 is 7.49. The van der Waals surface area contributed by atoms with E-state index in [-0.39, 0.29) is 0 Å². The number of halogens is 1. The van der Waals surface area contributed by atoms with Crippen molar-refractivity contribution >= 4 is 23.4 Å². The molecule has 2 heterocycles. The number of pyridine rings is 1. The molecular weight excluding hydrogens is 216 g/mol. The van der Waals surface area contributed by atoms with Gasteiger partial charge in [0.05, 0.1) is 10.0 Å². The van der Waals surface area contributed by atoms with Crippen molar-refractivity contribution < 1.29 is 0 Å². The summed E-state index contributed by atoms with van der Waals surface area (Å²) < 4.78 is 0. The Morgan fingerprint density at radius 2 is 2.43 bits per heavy atom. The number of nitrogens with zero attached hydrogens (tertiary/aromatic N) is 1. The molecule has 0 spiro atoms. The molecule has 0 amide bonds. The molecule has 1 aromatic rings. The van der Waals surface area contributed by atoms with Crippen LogP contribution in [0.3, 0.4) is 0 Å². The minimum absolute atomic E-state index is 0.448. The van der Waals surface area contributed by atoms with Crippen LogP contribution >= 0.6 is 23.4 Å². The number of nitrogens with one attached hydrogen (secondary N) is 1. The van der Waals surface area contributed by atoms with Crippen molar-refractivity contribution in [2.75, 3.05) is 13.1 Å². The summed E-state index contributed by atoms with van der Waals surface area (Å²) in [5.41, 5.74) is 1.24. The summed E-state index contributed by atoms with van der Waals surface area (Å²) in [5, 5.41) is 5.41. The van der Waals surface area contributed by atoms with Gasteiger partial charge in [0.25, 0.3) is 0 Å². The Bertz CT molecular complexity index is 336. The van der Waals surface area contributed by atoms with Gasteiger partial charge in [-0.05, 0) is 17.7 Å². The van der Waals surface area contributed by atoms with Crippen molar-refractivity contribution in [1.82, 2.24) is 10.3 Å². The van der Waals surface area contributed by atoms with Gasteiger partial charge < -0.3 is 5.32 Å². The van der Waals surface area contributed by atoms with Crippen molar-refractivity contribution in [3.63, 3.8) is 0 Å². The smallest absolute Gasteiger partial charge is 0.0967 e. The molecule has 0 aromatic carbocycles. The van der Waals surface area contributed by atoms with Gasteiger partial charge in [-0.3, -0.25) is 0 Å². The lowest BCUT2D eigenvalue weighted by Crippen LogP contribution is -2.10. The van der Waals surface area contributed by atoms with E-state index in [1.54, 1.807) is 18.0 Å². The molecule has 1 fully saturated rings. The average Bonchev–Trinajstić information content (AvgIpc) is 2.56. The first-order valence-electron chi connectivity index (χ1n) is 4.42. The van der Waals surface area contributed by atoms with Crippen LogP contribution in [-0.2, 0) is 0 Å². The van der Waals surface area contributed by atoms with E-state index in [0.29, 0.717) is 10.3 Å². The molecule has 0 aliphatic carbocycles. The first-order chi connectivity index (χ1) is 6.75. The number of hydrogen-bond acceptors (Lipinski definition) is 3. The van der Waals surface area contributed by atoms with Gasteiger partial charge in [-0.15, -0.1) is 0 Å². The summed E-state index contributed by atoms with van der Waals surface area (Å²) in [6, 6.07) is 3.81. The van der Waals surface area contributed by atoms with E-state index in [4.69, 9.17) is 11.6 Å². The predicted molar refractivity (Wildman–Crippen MR) is 60.9 cm³/mol. The standard InChI is InChI=1S/C10H11ClN2S/c1-7-4-12-6-9(7)14-10-3-2-8(11)5-13-10/h2-3,5,9,12H,1,4,6H2/t9-/m0/s1. The molecule has 1 saturated heterocycles. The van der Waals surface area contributed by atoms with Crippen LogP contribution in [0.25, 0.3) is 0 Å². The van der Waals surface area contributed by atoms with E-state index in [9.17, 15) is 0 Å². The Morgan fingerprint density at radius 1 is 1.57 bits per heavy atom. The van der Waals surface area contributed by atoms with Crippen molar-refractivity contribution in [3.8, 4) is 0 Å². The Morgan fingerprint density at radius 3 is 3.00 bits per heavy atom. The summed E-state index contributed by atoms with van der Waals surface area (Å²) in [5.74, 6) is 0. The molecule has 74 valence electrons. The molecule has 4 heteroatoms. The number of aromatic nitrogens is 1. The lowest BCUT2D eigenvalue weighted by Gasteiger charge is -2.08. The predicted octanol–water partition coefficient (Wildman–Crippen LogP) is 2.36. The molecule has 1 N–H and O–H groups in total. The molecule has 0 radical (unpaired) electrons. The fraction of sp³-hybridized carbons (Fsp3) is 0.300. The van der Waals surface area contributed by atoms with E-state index >= 15 is 0 Å². The van der Waals surface area contributed by atoms with Gasteiger partial charge in [0.15, 0.2) is 0 Å². The van der Waals surface area contributed by atoms with Gasteiger partial charge >= 0.3 is 0 Å². The van der Waals surface area contributed by atoms with Gasteiger partial charge in [0, 0.05) is 24.5 Å². The fourth-order valence-electron chi connectivity index (χ4n) is 1.32. The Balaban J connectivity index is 2.03. The summed E-state index contributed by atoms with van der Waals surface area (Å²) in [6.45, 7) is 5.91. The van der Waals surface area contributed by atoms with Crippen molar-refractivity contribution in [2.24, 2.45) is 0 Å². The lowest BCUT2D eigenvalue weighted by atomic mass is 10.3. The van der Waals surface area contributed by atoms with Crippen LogP contribution in [0.15, 0.2) is 35.5 Å². The SMILES string of the molecule is C=C1CNC[C@@H]1Sc1ccc(Cl)cn1. The summed E-state index contributed by atoms with van der Waals surface area (Å²) in [6.07, 6.45) is 1.68. The van der Waals surface area contributed by atoms with Crippen LogP contribution in [0.4, 0.5) is 0 Å². The first-order valence-corrected chi connectivity index (χ1v) is 5.68. The molecule has 0 bridgehead atoms. The van der Waals surface area contributed by atoms with Crippen LogP contribution in [0, 0.1) is 0 Å².